The van der Waals surface area contributed by atoms with Crippen LogP contribution in [0.15, 0.2) is 0 Å². The monoisotopic (exact) mass is 309 g/mol. The minimum absolute atomic E-state index is 0.319. The van der Waals surface area contributed by atoms with Crippen LogP contribution in [-0.2, 0) is 0 Å². The number of halogens is 3. The highest BCUT2D eigenvalue weighted by Crippen LogP contribution is 2.44. The van der Waals surface area contributed by atoms with Crippen LogP contribution in [-0.4, -0.2) is 22.2 Å². The number of nitrogens with zero attached hydrogens (tertiary/aromatic N) is 3. The summed E-state index contributed by atoms with van der Waals surface area (Å²) in [5.74, 6) is 0. The minimum atomic E-state index is -2.73. The molecule has 0 atom stereocenters. The highest BCUT2D eigenvalue weighted by Gasteiger charge is 2.59. The Balaban J connectivity index is 3.13. The molecule has 1 aliphatic heterocycles. The molecule has 78 valence electrons. The van der Waals surface area contributed by atoms with Crippen molar-refractivity contribution in [2.75, 3.05) is 0 Å². The van der Waals surface area contributed by atoms with Crippen molar-refractivity contribution in [3.8, 4) is 17.1 Å². The lowest BCUT2D eigenvalue weighted by Gasteiger charge is -2.34. The van der Waals surface area contributed by atoms with Gasteiger partial charge in [-0.25, -0.2) is 15.8 Å². The molecular formula is C6H6Cl3N3Si3. The first-order valence-corrected chi connectivity index (χ1v) is 14.4. The summed E-state index contributed by atoms with van der Waals surface area (Å²) in [6.07, 6.45) is 0. The molecule has 0 unspecified atom stereocenters. The van der Waals surface area contributed by atoms with Gasteiger partial charge in [0.15, 0.2) is 0 Å². The third-order valence-electron chi connectivity index (χ3n) is 2.28. The SMILES string of the molecule is N#C[Si]1(Cl)C[Si](Cl)(C#N)C[Si](Cl)(C#N)C1. The van der Waals surface area contributed by atoms with Gasteiger partial charge in [-0.2, -0.15) is 0 Å². The maximum Gasteiger partial charge on any atom is 0.267 e. The molecule has 1 heterocycles. The van der Waals surface area contributed by atoms with Crippen LogP contribution in [0.3, 0.4) is 0 Å². The van der Waals surface area contributed by atoms with Crippen LogP contribution in [0.4, 0.5) is 0 Å². The topological polar surface area (TPSA) is 71.4 Å². The van der Waals surface area contributed by atoms with Gasteiger partial charge in [0, 0.05) is 17.1 Å². The maximum atomic E-state index is 8.99. The van der Waals surface area contributed by atoms with Crippen LogP contribution in [0.2, 0.25) is 17.0 Å². The van der Waals surface area contributed by atoms with Gasteiger partial charge in [-0.15, -0.1) is 33.2 Å². The van der Waals surface area contributed by atoms with Gasteiger partial charge in [-0.05, 0) is 17.0 Å². The van der Waals surface area contributed by atoms with Gasteiger partial charge in [-0.3, -0.25) is 0 Å². The summed E-state index contributed by atoms with van der Waals surface area (Å²) in [6, 6.07) is 0. The normalized spacial score (nSPS) is 44.8. The quantitative estimate of drug-likeness (QED) is 0.509. The molecule has 0 saturated carbocycles. The molecule has 0 aromatic rings. The third kappa shape index (κ3) is 2.76. The number of nitriles is 3. The van der Waals surface area contributed by atoms with E-state index in [4.69, 9.17) is 49.0 Å². The lowest BCUT2D eigenvalue weighted by molar-refractivity contribution is 1.46. The van der Waals surface area contributed by atoms with E-state index in [9.17, 15) is 0 Å². The van der Waals surface area contributed by atoms with E-state index in [1.807, 2.05) is 0 Å². The van der Waals surface area contributed by atoms with Crippen LogP contribution in [0.1, 0.15) is 0 Å². The van der Waals surface area contributed by atoms with Crippen LogP contribution in [0.25, 0.3) is 0 Å². The van der Waals surface area contributed by atoms with Crippen LogP contribution in [0.5, 0.6) is 0 Å². The summed E-state index contributed by atoms with van der Waals surface area (Å²) in [5, 5.41) is 27.0. The van der Waals surface area contributed by atoms with E-state index in [0.29, 0.717) is 17.0 Å². The molecule has 0 aliphatic carbocycles. The summed E-state index contributed by atoms with van der Waals surface area (Å²) >= 11 is 18.5. The molecule has 15 heavy (non-hydrogen) atoms. The fraction of sp³-hybridized carbons (Fsp3) is 0.500. The Hall–Kier alpha value is -0.00935. The van der Waals surface area contributed by atoms with E-state index in [-0.39, 0.29) is 0 Å². The Bertz CT molecular complexity index is 339. The molecule has 0 aromatic carbocycles. The molecule has 0 aromatic heterocycles. The van der Waals surface area contributed by atoms with Crippen molar-refractivity contribution in [3.63, 3.8) is 0 Å². The van der Waals surface area contributed by atoms with Crippen molar-refractivity contribution in [1.82, 2.24) is 0 Å². The third-order valence-corrected chi connectivity index (χ3v) is 24.9. The second-order valence-electron chi connectivity index (χ2n) is 3.76. The lowest BCUT2D eigenvalue weighted by atomic mass is 11.7. The molecule has 3 nitrogen and oxygen atoms in total. The highest BCUT2D eigenvalue weighted by atomic mass is 35.6. The van der Waals surface area contributed by atoms with E-state index in [2.05, 4.69) is 17.1 Å². The fourth-order valence-electron chi connectivity index (χ4n) is 1.76. The van der Waals surface area contributed by atoms with Gasteiger partial charge >= 0.3 is 0 Å². The Morgan fingerprint density at radius 1 is 0.667 bits per heavy atom. The van der Waals surface area contributed by atoms with Gasteiger partial charge in [0.25, 0.3) is 22.2 Å². The maximum absolute atomic E-state index is 8.99. The van der Waals surface area contributed by atoms with Crippen LogP contribution in [0, 0.1) is 32.9 Å². The Morgan fingerprint density at radius 2 is 0.867 bits per heavy atom. The second kappa shape index (κ2) is 4.10. The van der Waals surface area contributed by atoms with E-state index in [1.165, 1.54) is 0 Å². The van der Waals surface area contributed by atoms with Gasteiger partial charge in [0.05, 0.1) is 0 Å². The number of rotatable bonds is 0. The first kappa shape index (κ1) is 13.1. The minimum Gasteiger partial charge on any atom is -0.205 e. The summed E-state index contributed by atoms with van der Waals surface area (Å²) in [6.45, 7) is 0. The van der Waals surface area contributed by atoms with Crippen molar-refractivity contribution in [2.24, 2.45) is 0 Å². The first-order chi connectivity index (χ1) is 6.80. The first-order valence-electron chi connectivity index (χ1n) is 4.11. The van der Waals surface area contributed by atoms with Crippen molar-refractivity contribution in [3.05, 3.63) is 0 Å². The predicted molar refractivity (Wildman–Crippen MR) is 66.1 cm³/mol. The summed E-state index contributed by atoms with van der Waals surface area (Å²) in [5.41, 5.74) is 7.14. The highest BCUT2D eigenvalue weighted by molar-refractivity contribution is 7.49. The molecule has 0 amide bonds. The van der Waals surface area contributed by atoms with E-state index in [1.54, 1.807) is 0 Å². The molecule has 1 rings (SSSR count). The van der Waals surface area contributed by atoms with Gasteiger partial charge in [0.1, 0.15) is 0 Å². The Kier molecular flexibility index (Phi) is 3.57. The van der Waals surface area contributed by atoms with Gasteiger partial charge in [0.2, 0.25) is 0 Å². The van der Waals surface area contributed by atoms with E-state index < -0.39 is 22.2 Å². The average molecular weight is 311 g/mol. The van der Waals surface area contributed by atoms with Crippen molar-refractivity contribution >= 4 is 55.4 Å². The van der Waals surface area contributed by atoms with Crippen molar-refractivity contribution in [1.29, 1.82) is 15.8 Å². The zero-order valence-electron chi connectivity index (χ0n) is 7.60. The van der Waals surface area contributed by atoms with Gasteiger partial charge < -0.3 is 0 Å². The number of hydrogen-bond donors (Lipinski definition) is 0. The molecule has 0 spiro atoms. The second-order valence-corrected chi connectivity index (χ2v) is 21.0. The molecule has 1 aliphatic rings. The summed E-state index contributed by atoms with van der Waals surface area (Å²) < 4.78 is 0. The van der Waals surface area contributed by atoms with Gasteiger partial charge in [-0.1, -0.05) is 0 Å². The predicted octanol–water partition coefficient (Wildman–Crippen LogP) is 2.36. The standard InChI is InChI=1S/C6H6Cl3N3Si3/c7-13(1-10)4-14(8,2-11)6-15(9,3-12)5-13/h4-6H2. The van der Waals surface area contributed by atoms with E-state index in [0.717, 1.165) is 0 Å². The summed E-state index contributed by atoms with van der Waals surface area (Å²) in [4.78, 5) is 0. The number of hydrogen-bond acceptors (Lipinski definition) is 3. The average Bonchev–Trinajstić information content (AvgIpc) is 2.16. The molecule has 1 fully saturated rings. The molecule has 0 N–H and O–H groups in total. The molecule has 1 saturated heterocycles. The smallest absolute Gasteiger partial charge is 0.205 e. The lowest BCUT2D eigenvalue weighted by Crippen LogP contribution is -2.55. The largest absolute Gasteiger partial charge is 0.267 e. The molecular weight excluding hydrogens is 305 g/mol. The van der Waals surface area contributed by atoms with Crippen molar-refractivity contribution < 1.29 is 0 Å². The zero-order valence-corrected chi connectivity index (χ0v) is 12.9. The fourth-order valence-corrected chi connectivity index (χ4v) is 33.4. The Labute approximate surface area is 105 Å². The molecule has 0 radical (unpaired) electrons. The molecule has 9 heteroatoms. The van der Waals surface area contributed by atoms with E-state index >= 15 is 0 Å². The van der Waals surface area contributed by atoms with Crippen molar-refractivity contribution in [2.45, 2.75) is 17.0 Å². The van der Waals surface area contributed by atoms with Crippen LogP contribution >= 0.6 is 33.2 Å². The summed E-state index contributed by atoms with van der Waals surface area (Å²) in [7, 11) is -8.19. The Morgan fingerprint density at radius 3 is 1.00 bits per heavy atom. The van der Waals surface area contributed by atoms with Crippen LogP contribution < -0.4 is 0 Å². The molecule has 0 bridgehead atoms. The zero-order chi connectivity index (χ0) is 11.7.